The van der Waals surface area contributed by atoms with Gasteiger partial charge in [0, 0.05) is 13.1 Å². The zero-order valence-corrected chi connectivity index (χ0v) is 6.90. The zero-order chi connectivity index (χ0) is 9.07. The Kier molecular flexibility index (Phi) is 3.29. The lowest BCUT2D eigenvalue weighted by atomic mass is 10.0. The summed E-state index contributed by atoms with van der Waals surface area (Å²) in [6, 6.07) is 0. The van der Waals surface area contributed by atoms with Gasteiger partial charge in [-0.25, -0.2) is 0 Å². The number of nitrogens with zero attached hydrogens (tertiary/aromatic N) is 1. The Morgan fingerprint density at radius 2 is 2.09 bits per heavy atom. The summed E-state index contributed by atoms with van der Waals surface area (Å²) in [5.74, 6) is -2.53. The minimum absolute atomic E-state index is 0.421. The maximum absolute atomic E-state index is 10.7. The fraction of sp³-hybridized carbons (Fsp3) is 0.500. The van der Waals surface area contributed by atoms with Crippen molar-refractivity contribution in [2.24, 2.45) is 0 Å². The molecule has 0 bridgehead atoms. The third-order valence-corrected chi connectivity index (χ3v) is 1.09. The highest BCUT2D eigenvalue weighted by atomic mass is 16.5. The van der Waals surface area contributed by atoms with Crippen molar-refractivity contribution in [3.05, 3.63) is 12.3 Å². The zero-order valence-electron chi connectivity index (χ0n) is 6.90. The molecule has 5 heteroatoms. The molecule has 0 aliphatic heterocycles. The Hall–Kier alpha value is -0.805. The van der Waals surface area contributed by atoms with Crippen molar-refractivity contribution in [2.75, 3.05) is 0 Å². The molecule has 0 rings (SSSR count). The lowest BCUT2D eigenvalue weighted by Gasteiger charge is -2.28. The van der Waals surface area contributed by atoms with E-state index in [0.717, 1.165) is 12.7 Å². The van der Waals surface area contributed by atoms with Crippen LogP contribution in [0.5, 0.6) is 0 Å². The Bertz CT molecular complexity index is 173. The average Bonchev–Trinajstić information content (AvgIpc) is 1.79. The lowest BCUT2D eigenvalue weighted by Crippen LogP contribution is -2.48. The lowest BCUT2D eigenvalue weighted by molar-refractivity contribution is -0.187. The van der Waals surface area contributed by atoms with Gasteiger partial charge in [-0.15, -0.1) is 0 Å². The molecule has 0 atom stereocenters. The minimum Gasteiger partial charge on any atom is -0.357 e. The van der Waals surface area contributed by atoms with Crippen LogP contribution in [0.15, 0.2) is 12.3 Å². The maximum atomic E-state index is 10.7. The van der Waals surface area contributed by atoms with E-state index in [-0.39, 0.29) is 0 Å². The number of allylic oxidation sites excluding steroid dienone is 1. The number of amides is 1. The van der Waals surface area contributed by atoms with E-state index in [9.17, 15) is 4.79 Å². The molecule has 0 heterocycles. The molecule has 0 unspecified atom stereocenters. The molecule has 62 valence electrons. The van der Waals surface area contributed by atoms with Gasteiger partial charge in [-0.3, -0.25) is 9.69 Å². The van der Waals surface area contributed by atoms with Crippen LogP contribution in [0.3, 0.4) is 0 Å². The molecule has 4 nitrogen and oxygen atoms in total. The molecule has 0 saturated carbocycles. The first-order valence-electron chi connectivity index (χ1n) is 3.27. The largest absolute Gasteiger partial charge is 0.357 e. The van der Waals surface area contributed by atoms with Crippen molar-refractivity contribution in [1.29, 1.82) is 0 Å². The molecule has 2 N–H and O–H groups in total. The molecule has 0 saturated heterocycles. The fourth-order valence-electron chi connectivity index (χ4n) is 0.694. The van der Waals surface area contributed by atoms with Crippen molar-refractivity contribution in [3.8, 4) is 0 Å². The Balaban J connectivity index is 4.48. The van der Waals surface area contributed by atoms with Gasteiger partial charge < -0.3 is 10.2 Å². The van der Waals surface area contributed by atoms with Gasteiger partial charge in [0.05, 0.1) is 0 Å². The maximum Gasteiger partial charge on any atom is 0.226 e. The molecular weight excluding hydrogens is 145 g/mol. The van der Waals surface area contributed by atoms with E-state index in [2.05, 4.69) is 0 Å². The van der Waals surface area contributed by atoms with Crippen LogP contribution in [0.2, 0.25) is 0 Å². The first-order chi connectivity index (χ1) is 4.89. The summed E-state index contributed by atoms with van der Waals surface area (Å²) in [7, 11) is 1.12. The number of hydrogen-bond acceptors (Lipinski definition) is 3. The summed E-state index contributed by atoms with van der Waals surface area (Å²) in [5.41, 5.74) is 0. The minimum atomic E-state index is -2.11. The number of carbonyl (C=O) groups excluding carboxylic acids is 1. The van der Waals surface area contributed by atoms with Crippen molar-refractivity contribution in [3.63, 3.8) is 0 Å². The van der Waals surface area contributed by atoms with Crippen molar-refractivity contribution >= 4 is 13.8 Å². The predicted octanol–water partition coefficient (Wildman–Crippen LogP) is -1.40. The first-order valence-corrected chi connectivity index (χ1v) is 3.27. The van der Waals surface area contributed by atoms with Gasteiger partial charge in [0.25, 0.3) is 0 Å². The highest BCUT2D eigenvalue weighted by Crippen LogP contribution is 2.04. The third kappa shape index (κ3) is 3.20. The Labute approximate surface area is 66.5 Å². The van der Waals surface area contributed by atoms with Crippen LogP contribution in [0.25, 0.3) is 0 Å². The van der Waals surface area contributed by atoms with Crippen molar-refractivity contribution in [1.82, 2.24) is 4.90 Å². The monoisotopic (exact) mass is 157 g/mol. The standard InChI is InChI=1S/C6H12BNO3/c1-3-4-8(5(2)9)6(7,10)11/h3-4,10-11H,7H2,1-2H3/b4-3-. The van der Waals surface area contributed by atoms with E-state index in [4.69, 9.17) is 10.2 Å². The van der Waals surface area contributed by atoms with E-state index >= 15 is 0 Å². The topological polar surface area (TPSA) is 60.8 Å². The van der Waals surface area contributed by atoms with Crippen LogP contribution in [-0.2, 0) is 4.79 Å². The molecule has 0 aromatic heterocycles. The summed E-state index contributed by atoms with van der Waals surface area (Å²) in [5, 5.41) is 18.0. The van der Waals surface area contributed by atoms with E-state index in [1.54, 1.807) is 13.0 Å². The van der Waals surface area contributed by atoms with E-state index in [1.807, 2.05) is 0 Å². The Morgan fingerprint density at radius 3 is 2.18 bits per heavy atom. The van der Waals surface area contributed by atoms with Crippen molar-refractivity contribution < 1.29 is 15.0 Å². The van der Waals surface area contributed by atoms with Gasteiger partial charge >= 0.3 is 0 Å². The highest BCUT2D eigenvalue weighted by Gasteiger charge is 2.25. The molecule has 0 spiro atoms. The molecule has 0 radical (unpaired) electrons. The summed E-state index contributed by atoms with van der Waals surface area (Å²) in [6.45, 7) is 2.94. The summed E-state index contributed by atoms with van der Waals surface area (Å²) in [6.07, 6.45) is 2.86. The number of hydrogen-bond donors (Lipinski definition) is 2. The predicted molar refractivity (Wildman–Crippen MR) is 43.0 cm³/mol. The normalized spacial score (nSPS) is 12.0. The molecule has 0 aromatic rings. The van der Waals surface area contributed by atoms with Crippen LogP contribution in [0.4, 0.5) is 0 Å². The second-order valence-corrected chi connectivity index (χ2v) is 2.34. The molecule has 0 aliphatic rings. The quantitative estimate of drug-likeness (QED) is 0.382. The van der Waals surface area contributed by atoms with Gasteiger partial charge in [-0.05, 0) is 6.92 Å². The summed E-state index contributed by atoms with van der Waals surface area (Å²) < 4.78 is 0. The fourth-order valence-corrected chi connectivity index (χ4v) is 0.694. The molecule has 1 amide bonds. The molecule has 0 aromatic carbocycles. The molecular formula is C6H12BNO3. The second kappa shape index (κ2) is 3.55. The van der Waals surface area contributed by atoms with Gasteiger partial charge in [-0.1, -0.05) is 6.08 Å². The van der Waals surface area contributed by atoms with Gasteiger partial charge in [-0.2, -0.15) is 0 Å². The van der Waals surface area contributed by atoms with Gasteiger partial charge in [0.2, 0.25) is 19.6 Å². The van der Waals surface area contributed by atoms with Crippen LogP contribution in [-0.4, -0.2) is 34.7 Å². The van der Waals surface area contributed by atoms with Crippen LogP contribution >= 0.6 is 0 Å². The van der Waals surface area contributed by atoms with E-state index in [0.29, 0.717) is 0 Å². The second-order valence-electron chi connectivity index (χ2n) is 2.34. The molecule has 0 fully saturated rings. The van der Waals surface area contributed by atoms with Crippen LogP contribution < -0.4 is 0 Å². The highest BCUT2D eigenvalue weighted by molar-refractivity contribution is 6.13. The van der Waals surface area contributed by atoms with E-state index in [1.165, 1.54) is 13.1 Å². The molecule has 11 heavy (non-hydrogen) atoms. The number of aliphatic hydroxyl groups is 2. The van der Waals surface area contributed by atoms with Gasteiger partial charge in [0.1, 0.15) is 0 Å². The molecule has 0 aliphatic carbocycles. The number of rotatable bonds is 2. The summed E-state index contributed by atoms with van der Waals surface area (Å²) in [4.78, 5) is 11.6. The smallest absolute Gasteiger partial charge is 0.226 e. The number of carbonyl (C=O) groups is 1. The third-order valence-electron chi connectivity index (χ3n) is 1.09. The van der Waals surface area contributed by atoms with Crippen molar-refractivity contribution in [2.45, 2.75) is 19.7 Å². The Morgan fingerprint density at radius 1 is 1.64 bits per heavy atom. The first kappa shape index (κ1) is 10.2. The summed E-state index contributed by atoms with van der Waals surface area (Å²) >= 11 is 0. The van der Waals surface area contributed by atoms with Gasteiger partial charge in [0.15, 0.2) is 0 Å². The SMILES string of the molecule is BC(O)(O)N(/C=C\C)C(C)=O. The van der Waals surface area contributed by atoms with Crippen LogP contribution in [0.1, 0.15) is 13.8 Å². The average molecular weight is 157 g/mol. The van der Waals surface area contributed by atoms with E-state index < -0.39 is 11.7 Å². The van der Waals surface area contributed by atoms with Crippen LogP contribution in [0, 0.1) is 0 Å².